The summed E-state index contributed by atoms with van der Waals surface area (Å²) in [6.45, 7) is 3.93. The highest BCUT2D eigenvalue weighted by Gasteiger charge is 2.16. The van der Waals surface area contributed by atoms with E-state index < -0.39 is 0 Å². The third-order valence-electron chi connectivity index (χ3n) is 3.38. The molecule has 2 aromatic rings. The Hall–Kier alpha value is -1.35. The number of hydrogen-bond acceptors (Lipinski definition) is 0. The number of hydrogen-bond donors (Lipinski definition) is 0. The van der Waals surface area contributed by atoms with Gasteiger partial charge >= 0.3 is 0 Å². The van der Waals surface area contributed by atoms with Gasteiger partial charge in [-0.2, -0.15) is 0 Å². The van der Waals surface area contributed by atoms with Crippen LogP contribution in [-0.2, 0) is 0 Å². The van der Waals surface area contributed by atoms with Gasteiger partial charge in [-0.15, -0.1) is 6.58 Å². The van der Waals surface area contributed by atoms with Crippen LogP contribution in [0, 0.1) is 0 Å². The van der Waals surface area contributed by atoms with Gasteiger partial charge in [-0.1, -0.05) is 95.4 Å². The number of halogens is 1. The second-order valence-corrected chi connectivity index (χ2v) is 5.55. The standard InChI is InChI=1S/C19H19I/c1-2-9-18(16-10-5-3-6-11-16)19(14-15-20)17-12-7-4-8-13-17/h2-8,10-14,18H,1,9,15H2/b19-14-/t18-/m1/s1. The molecule has 0 N–H and O–H groups in total. The molecule has 0 aliphatic heterocycles. The average molecular weight is 374 g/mol. The van der Waals surface area contributed by atoms with Gasteiger partial charge in [0.05, 0.1) is 0 Å². The van der Waals surface area contributed by atoms with Gasteiger partial charge in [-0.25, -0.2) is 0 Å². The summed E-state index contributed by atoms with van der Waals surface area (Å²) < 4.78 is 1.02. The van der Waals surface area contributed by atoms with Crippen molar-refractivity contribution < 1.29 is 0 Å². The van der Waals surface area contributed by atoms with Crippen LogP contribution in [0.4, 0.5) is 0 Å². The van der Waals surface area contributed by atoms with Crippen LogP contribution in [0.2, 0.25) is 0 Å². The molecule has 0 spiro atoms. The molecule has 1 atom stereocenters. The Kier molecular flexibility index (Phi) is 6.06. The first kappa shape index (κ1) is 15.0. The molecule has 0 amide bonds. The molecule has 0 heterocycles. The summed E-state index contributed by atoms with van der Waals surface area (Å²) in [4.78, 5) is 0. The Morgan fingerprint density at radius 2 is 1.60 bits per heavy atom. The lowest BCUT2D eigenvalue weighted by Gasteiger charge is -2.20. The molecule has 0 radical (unpaired) electrons. The summed E-state index contributed by atoms with van der Waals surface area (Å²) in [6, 6.07) is 21.4. The average Bonchev–Trinajstić information content (AvgIpc) is 2.52. The first-order chi connectivity index (χ1) is 9.86. The molecule has 0 fully saturated rings. The topological polar surface area (TPSA) is 0 Å². The summed E-state index contributed by atoms with van der Waals surface area (Å²) in [6.07, 6.45) is 5.31. The highest BCUT2D eigenvalue weighted by atomic mass is 127. The van der Waals surface area contributed by atoms with Gasteiger partial charge < -0.3 is 0 Å². The third-order valence-corrected chi connectivity index (χ3v) is 3.82. The molecule has 0 saturated carbocycles. The van der Waals surface area contributed by atoms with E-state index in [9.17, 15) is 0 Å². The molecule has 0 aliphatic carbocycles. The molecule has 0 nitrogen and oxygen atoms in total. The maximum Gasteiger partial charge on any atom is 0.0182 e. The van der Waals surface area contributed by atoms with Crippen LogP contribution in [0.3, 0.4) is 0 Å². The van der Waals surface area contributed by atoms with E-state index in [0.29, 0.717) is 5.92 Å². The van der Waals surface area contributed by atoms with E-state index in [0.717, 1.165) is 10.8 Å². The van der Waals surface area contributed by atoms with Crippen LogP contribution in [0.5, 0.6) is 0 Å². The largest absolute Gasteiger partial charge is 0.103 e. The van der Waals surface area contributed by atoms with E-state index in [1.165, 1.54) is 16.7 Å². The molecule has 2 aromatic carbocycles. The van der Waals surface area contributed by atoms with Gasteiger partial charge in [0.15, 0.2) is 0 Å². The normalized spacial score (nSPS) is 12.9. The quantitative estimate of drug-likeness (QED) is 0.337. The first-order valence-electron chi connectivity index (χ1n) is 6.84. The zero-order valence-electron chi connectivity index (χ0n) is 11.5. The van der Waals surface area contributed by atoms with Crippen molar-refractivity contribution >= 4 is 28.2 Å². The fourth-order valence-corrected chi connectivity index (χ4v) is 2.94. The third kappa shape index (κ3) is 3.83. The maximum atomic E-state index is 3.93. The van der Waals surface area contributed by atoms with Gasteiger partial charge in [0, 0.05) is 10.3 Å². The molecule has 0 bridgehead atoms. The molecular weight excluding hydrogens is 355 g/mol. The van der Waals surface area contributed by atoms with Crippen molar-refractivity contribution in [1.29, 1.82) is 0 Å². The van der Waals surface area contributed by atoms with E-state index in [2.05, 4.69) is 95.9 Å². The first-order valence-corrected chi connectivity index (χ1v) is 8.36. The highest BCUT2D eigenvalue weighted by molar-refractivity contribution is 14.1. The fourth-order valence-electron chi connectivity index (χ4n) is 2.47. The predicted molar refractivity (Wildman–Crippen MR) is 97.3 cm³/mol. The Labute approximate surface area is 135 Å². The van der Waals surface area contributed by atoms with Crippen molar-refractivity contribution in [3.8, 4) is 0 Å². The molecule has 1 heteroatoms. The molecule has 102 valence electrons. The molecule has 0 aromatic heterocycles. The van der Waals surface area contributed by atoms with E-state index >= 15 is 0 Å². The lowest BCUT2D eigenvalue weighted by Crippen LogP contribution is -2.02. The predicted octanol–water partition coefficient (Wildman–Crippen LogP) is 5.86. The van der Waals surface area contributed by atoms with Gasteiger partial charge in [-0.05, 0) is 23.1 Å². The van der Waals surface area contributed by atoms with Crippen molar-refractivity contribution in [2.75, 3.05) is 4.43 Å². The summed E-state index contributed by atoms with van der Waals surface area (Å²) in [5, 5.41) is 0. The van der Waals surface area contributed by atoms with Crippen molar-refractivity contribution in [3.05, 3.63) is 90.5 Å². The van der Waals surface area contributed by atoms with Gasteiger partial charge in [-0.3, -0.25) is 0 Å². The fraction of sp³-hybridized carbons (Fsp3) is 0.158. The second-order valence-electron chi connectivity index (χ2n) is 4.67. The van der Waals surface area contributed by atoms with Crippen LogP contribution in [0.1, 0.15) is 23.5 Å². The Balaban J connectivity index is 2.44. The van der Waals surface area contributed by atoms with Gasteiger partial charge in [0.1, 0.15) is 0 Å². The molecule has 0 unspecified atom stereocenters. The summed E-state index contributed by atoms with van der Waals surface area (Å²) in [5.74, 6) is 0.380. The van der Waals surface area contributed by atoms with Crippen LogP contribution in [-0.4, -0.2) is 4.43 Å². The van der Waals surface area contributed by atoms with E-state index in [-0.39, 0.29) is 0 Å². The second kappa shape index (κ2) is 8.05. The van der Waals surface area contributed by atoms with Crippen LogP contribution in [0.25, 0.3) is 5.57 Å². The molecule has 0 aliphatic rings. The zero-order chi connectivity index (χ0) is 14.2. The Bertz CT molecular complexity index is 555. The van der Waals surface area contributed by atoms with Crippen LogP contribution < -0.4 is 0 Å². The van der Waals surface area contributed by atoms with Gasteiger partial charge in [0.2, 0.25) is 0 Å². The van der Waals surface area contributed by atoms with Crippen molar-refractivity contribution in [3.63, 3.8) is 0 Å². The van der Waals surface area contributed by atoms with Crippen LogP contribution in [0.15, 0.2) is 79.4 Å². The number of rotatable bonds is 6. The van der Waals surface area contributed by atoms with E-state index in [1.54, 1.807) is 0 Å². The number of allylic oxidation sites excluding steroid dienone is 3. The minimum absolute atomic E-state index is 0.380. The monoisotopic (exact) mass is 374 g/mol. The van der Waals surface area contributed by atoms with Crippen molar-refractivity contribution in [1.82, 2.24) is 0 Å². The molecular formula is C19H19I. The maximum absolute atomic E-state index is 3.93. The summed E-state index contributed by atoms with van der Waals surface area (Å²) in [7, 11) is 0. The SMILES string of the molecule is C=CC[C@@H](/C(=C\CI)c1ccccc1)c1ccccc1. The Morgan fingerprint density at radius 1 is 1.00 bits per heavy atom. The molecule has 2 rings (SSSR count). The van der Waals surface area contributed by atoms with Crippen molar-refractivity contribution in [2.45, 2.75) is 12.3 Å². The lowest BCUT2D eigenvalue weighted by atomic mass is 9.84. The smallest absolute Gasteiger partial charge is 0.0182 e. The molecule has 20 heavy (non-hydrogen) atoms. The number of benzene rings is 2. The van der Waals surface area contributed by atoms with Gasteiger partial charge in [0.25, 0.3) is 0 Å². The summed E-state index contributed by atoms with van der Waals surface area (Å²) in [5.41, 5.74) is 4.05. The lowest BCUT2D eigenvalue weighted by molar-refractivity contribution is 0.884. The Morgan fingerprint density at radius 3 is 2.15 bits per heavy atom. The van der Waals surface area contributed by atoms with E-state index in [4.69, 9.17) is 0 Å². The minimum Gasteiger partial charge on any atom is -0.103 e. The van der Waals surface area contributed by atoms with E-state index in [1.807, 2.05) is 6.08 Å². The molecule has 0 saturated heterocycles. The van der Waals surface area contributed by atoms with Crippen LogP contribution >= 0.6 is 22.6 Å². The van der Waals surface area contributed by atoms with Crippen molar-refractivity contribution in [2.24, 2.45) is 0 Å². The zero-order valence-corrected chi connectivity index (χ0v) is 13.7. The number of alkyl halides is 1. The summed E-state index contributed by atoms with van der Waals surface area (Å²) >= 11 is 2.41. The minimum atomic E-state index is 0.380. The highest BCUT2D eigenvalue weighted by Crippen LogP contribution is 2.35.